The third kappa shape index (κ3) is 2.16. The van der Waals surface area contributed by atoms with Gasteiger partial charge in [-0.2, -0.15) is 0 Å². The Bertz CT molecular complexity index is 402. The van der Waals surface area contributed by atoms with Crippen LogP contribution in [-0.2, 0) is 0 Å². The highest BCUT2D eigenvalue weighted by Crippen LogP contribution is 2.47. The SMILES string of the molecule is CC1(C)CC=C(c2ccccc2)C(F)(F)C1. The molecule has 0 bridgehead atoms. The zero-order valence-electron chi connectivity index (χ0n) is 9.63. The van der Waals surface area contributed by atoms with Crippen LogP contribution in [0.4, 0.5) is 8.78 Å². The molecule has 0 unspecified atom stereocenters. The molecule has 2 heteroatoms. The topological polar surface area (TPSA) is 0 Å². The van der Waals surface area contributed by atoms with Gasteiger partial charge in [0.05, 0.1) is 0 Å². The zero-order chi connectivity index (χ0) is 11.8. The van der Waals surface area contributed by atoms with Gasteiger partial charge < -0.3 is 0 Å². The molecule has 2 rings (SSSR count). The van der Waals surface area contributed by atoms with E-state index in [1.54, 1.807) is 30.3 Å². The molecule has 0 amide bonds. The van der Waals surface area contributed by atoms with Crippen molar-refractivity contribution in [1.29, 1.82) is 0 Å². The van der Waals surface area contributed by atoms with Gasteiger partial charge in [0.1, 0.15) is 0 Å². The second-order valence-electron chi connectivity index (χ2n) is 5.23. The van der Waals surface area contributed by atoms with E-state index in [9.17, 15) is 8.78 Å². The molecule has 0 radical (unpaired) electrons. The van der Waals surface area contributed by atoms with E-state index in [1.807, 2.05) is 19.9 Å². The highest BCUT2D eigenvalue weighted by Gasteiger charge is 2.43. The second-order valence-corrected chi connectivity index (χ2v) is 5.23. The number of halogens is 2. The standard InChI is InChI=1S/C14H16F2/c1-13(2)9-8-12(14(15,16)10-13)11-6-4-3-5-7-11/h3-8H,9-10H2,1-2H3. The highest BCUT2D eigenvalue weighted by atomic mass is 19.3. The van der Waals surface area contributed by atoms with Crippen LogP contribution in [0.5, 0.6) is 0 Å². The van der Waals surface area contributed by atoms with E-state index in [4.69, 9.17) is 0 Å². The Hall–Kier alpha value is -1.18. The molecule has 0 nitrogen and oxygen atoms in total. The van der Waals surface area contributed by atoms with Crippen molar-refractivity contribution in [2.45, 2.75) is 32.6 Å². The summed E-state index contributed by atoms with van der Waals surface area (Å²) in [4.78, 5) is 0. The smallest absolute Gasteiger partial charge is 0.201 e. The molecular weight excluding hydrogens is 206 g/mol. The molecule has 0 fully saturated rings. The Kier molecular flexibility index (Phi) is 2.61. The average Bonchev–Trinajstić information content (AvgIpc) is 2.16. The number of benzene rings is 1. The van der Waals surface area contributed by atoms with E-state index >= 15 is 0 Å². The lowest BCUT2D eigenvalue weighted by atomic mass is 9.75. The normalized spacial score (nSPS) is 22.6. The number of rotatable bonds is 1. The largest absolute Gasteiger partial charge is 0.274 e. The Morgan fingerprint density at radius 3 is 2.25 bits per heavy atom. The maximum atomic E-state index is 14.0. The van der Waals surface area contributed by atoms with Crippen LogP contribution in [0.1, 0.15) is 32.3 Å². The highest BCUT2D eigenvalue weighted by molar-refractivity contribution is 5.71. The van der Waals surface area contributed by atoms with Gasteiger partial charge in [0.25, 0.3) is 5.92 Å². The predicted molar refractivity (Wildman–Crippen MR) is 62.4 cm³/mol. The van der Waals surface area contributed by atoms with Gasteiger partial charge in [-0.05, 0) is 17.4 Å². The third-order valence-corrected chi connectivity index (χ3v) is 3.04. The van der Waals surface area contributed by atoms with Gasteiger partial charge in [-0.15, -0.1) is 0 Å². The molecule has 16 heavy (non-hydrogen) atoms. The lowest BCUT2D eigenvalue weighted by Gasteiger charge is -2.35. The van der Waals surface area contributed by atoms with Gasteiger partial charge in [-0.1, -0.05) is 50.3 Å². The van der Waals surface area contributed by atoms with Crippen LogP contribution in [0, 0.1) is 5.41 Å². The molecule has 1 aromatic carbocycles. The lowest BCUT2D eigenvalue weighted by molar-refractivity contribution is 0.0116. The summed E-state index contributed by atoms with van der Waals surface area (Å²) in [6, 6.07) is 8.93. The van der Waals surface area contributed by atoms with Crippen LogP contribution in [0.2, 0.25) is 0 Å². The maximum absolute atomic E-state index is 14.0. The van der Waals surface area contributed by atoms with Crippen LogP contribution in [0.3, 0.4) is 0 Å². The summed E-state index contributed by atoms with van der Waals surface area (Å²) in [5.74, 6) is -2.71. The van der Waals surface area contributed by atoms with Gasteiger partial charge in [0.2, 0.25) is 0 Å². The quantitative estimate of drug-likeness (QED) is 0.655. The first-order chi connectivity index (χ1) is 7.41. The molecule has 1 aliphatic carbocycles. The molecule has 1 aliphatic rings. The Morgan fingerprint density at radius 1 is 1.06 bits per heavy atom. The second kappa shape index (κ2) is 3.69. The summed E-state index contributed by atoms with van der Waals surface area (Å²) in [5, 5.41) is 0. The minimum absolute atomic E-state index is 0.0687. The first-order valence-corrected chi connectivity index (χ1v) is 5.55. The van der Waals surface area contributed by atoms with Crippen molar-refractivity contribution < 1.29 is 8.78 Å². The number of hydrogen-bond donors (Lipinski definition) is 0. The Balaban J connectivity index is 2.39. The van der Waals surface area contributed by atoms with E-state index in [2.05, 4.69) is 0 Å². The summed E-state index contributed by atoms with van der Waals surface area (Å²) in [6.45, 7) is 3.78. The van der Waals surface area contributed by atoms with Crippen molar-refractivity contribution in [3.05, 3.63) is 42.0 Å². The summed E-state index contributed by atoms with van der Waals surface area (Å²) in [5.41, 5.74) is 0.525. The fourth-order valence-corrected chi connectivity index (χ4v) is 2.24. The van der Waals surface area contributed by atoms with Gasteiger partial charge >= 0.3 is 0 Å². The van der Waals surface area contributed by atoms with E-state index in [0.29, 0.717) is 12.0 Å². The average molecular weight is 222 g/mol. The Morgan fingerprint density at radius 2 is 1.69 bits per heavy atom. The predicted octanol–water partition coefficient (Wildman–Crippen LogP) is 4.53. The molecule has 0 saturated carbocycles. The van der Waals surface area contributed by atoms with Crippen molar-refractivity contribution in [3.63, 3.8) is 0 Å². The molecule has 0 aromatic heterocycles. The maximum Gasteiger partial charge on any atom is 0.274 e. The minimum Gasteiger partial charge on any atom is -0.201 e. The van der Waals surface area contributed by atoms with Crippen LogP contribution < -0.4 is 0 Å². The molecule has 86 valence electrons. The molecule has 0 spiro atoms. The molecule has 0 atom stereocenters. The van der Waals surface area contributed by atoms with E-state index < -0.39 is 5.92 Å². The summed E-state index contributed by atoms with van der Waals surface area (Å²) < 4.78 is 28.0. The van der Waals surface area contributed by atoms with Crippen LogP contribution in [0.25, 0.3) is 5.57 Å². The molecule has 0 heterocycles. The van der Waals surface area contributed by atoms with Crippen molar-refractivity contribution in [2.24, 2.45) is 5.41 Å². The van der Waals surface area contributed by atoms with Crippen LogP contribution in [0.15, 0.2) is 36.4 Å². The van der Waals surface area contributed by atoms with Crippen molar-refractivity contribution in [3.8, 4) is 0 Å². The molecule has 0 N–H and O–H groups in total. The lowest BCUT2D eigenvalue weighted by Crippen LogP contribution is -2.31. The van der Waals surface area contributed by atoms with E-state index in [0.717, 1.165) is 0 Å². The van der Waals surface area contributed by atoms with Crippen molar-refractivity contribution in [2.75, 3.05) is 0 Å². The van der Waals surface area contributed by atoms with Crippen molar-refractivity contribution >= 4 is 5.57 Å². The van der Waals surface area contributed by atoms with E-state index in [-0.39, 0.29) is 17.4 Å². The summed E-state index contributed by atoms with van der Waals surface area (Å²) in [6.07, 6.45) is 2.34. The van der Waals surface area contributed by atoms with Gasteiger partial charge in [0, 0.05) is 12.0 Å². The van der Waals surface area contributed by atoms with Crippen LogP contribution >= 0.6 is 0 Å². The minimum atomic E-state index is -2.71. The first kappa shape index (κ1) is 11.3. The zero-order valence-corrected chi connectivity index (χ0v) is 9.63. The van der Waals surface area contributed by atoms with Gasteiger partial charge in [0.15, 0.2) is 0 Å². The van der Waals surface area contributed by atoms with Gasteiger partial charge in [-0.3, -0.25) is 0 Å². The molecule has 1 aromatic rings. The fraction of sp³-hybridized carbons (Fsp3) is 0.429. The summed E-state index contributed by atoms with van der Waals surface area (Å²) >= 11 is 0. The number of alkyl halides is 2. The molecule has 0 saturated heterocycles. The number of hydrogen-bond acceptors (Lipinski definition) is 0. The van der Waals surface area contributed by atoms with Gasteiger partial charge in [-0.25, -0.2) is 8.78 Å². The van der Waals surface area contributed by atoms with Crippen molar-refractivity contribution in [1.82, 2.24) is 0 Å². The third-order valence-electron chi connectivity index (χ3n) is 3.04. The number of allylic oxidation sites excluding steroid dienone is 2. The summed E-state index contributed by atoms with van der Waals surface area (Å²) in [7, 11) is 0. The first-order valence-electron chi connectivity index (χ1n) is 5.55. The van der Waals surface area contributed by atoms with Crippen LogP contribution in [-0.4, -0.2) is 5.92 Å². The molecule has 0 aliphatic heterocycles. The van der Waals surface area contributed by atoms with E-state index in [1.165, 1.54) is 0 Å². The fourth-order valence-electron chi connectivity index (χ4n) is 2.24. The monoisotopic (exact) mass is 222 g/mol. The molecular formula is C14H16F2. The Labute approximate surface area is 95.0 Å².